The van der Waals surface area contributed by atoms with Gasteiger partial charge in [0, 0.05) is 0 Å². The predicted octanol–water partition coefficient (Wildman–Crippen LogP) is 16.4. The Bertz CT molecular complexity index is 3260. The van der Waals surface area contributed by atoms with Gasteiger partial charge in [0.25, 0.3) is 0 Å². The van der Waals surface area contributed by atoms with Crippen LogP contribution in [0.15, 0.2) is 218 Å². The normalized spacial score (nSPS) is 11.8. The third-order valence-corrected chi connectivity index (χ3v) is 12.4. The van der Waals surface area contributed by atoms with Crippen LogP contribution in [0.3, 0.4) is 0 Å². The first-order chi connectivity index (χ1) is 28.8. The van der Waals surface area contributed by atoms with Crippen molar-refractivity contribution in [3.63, 3.8) is 0 Å². The van der Waals surface area contributed by atoms with Gasteiger partial charge in [-0.05, 0) is 120 Å². The second kappa shape index (κ2) is 13.0. The Morgan fingerprint density at radius 2 is 0.345 bits per heavy atom. The Balaban J connectivity index is 1.16. The topological polar surface area (TPSA) is 0 Å². The van der Waals surface area contributed by atoms with Crippen LogP contribution in [0, 0.1) is 0 Å². The molecule has 0 radical (unpaired) electrons. The number of fused-ring (bicyclic) bond motifs is 7. The first-order valence-electron chi connectivity index (χ1n) is 20.2. The minimum Gasteiger partial charge on any atom is -0.0616 e. The molecule has 0 N–H and O–H groups in total. The highest BCUT2D eigenvalue weighted by molar-refractivity contribution is 6.28. The lowest BCUT2D eigenvalue weighted by Crippen LogP contribution is -1.94. The van der Waals surface area contributed by atoms with Gasteiger partial charge >= 0.3 is 0 Å². The van der Waals surface area contributed by atoms with E-state index in [4.69, 9.17) is 0 Å². The SMILES string of the molecule is c1ccc2c(-c3c4ccccc4c(-c4ccc(-c5c6ccccc6c(-c6cccc7ccccc67)c6ccccc56)c5ccccc45)c4ccccc34)cccc2c1. The lowest BCUT2D eigenvalue weighted by atomic mass is 9.81. The standard InChI is InChI=1S/C58H36/c1-3-21-39-37(17-1)19-15-33-43(39)55-45-25-7-11-29-49(45)57(50-30-12-8-26-46(50)55)53-35-36-54(42-24-6-5-23-41(42)53)58-51-31-13-9-27-47(51)56(48-28-10-14-32-52(48)58)44-34-16-20-38-18-2-4-22-40(38)44/h1-36H. The molecule has 0 amide bonds. The molecule has 0 heteroatoms. The van der Waals surface area contributed by atoms with E-state index in [-0.39, 0.29) is 0 Å². The summed E-state index contributed by atoms with van der Waals surface area (Å²) >= 11 is 0. The maximum atomic E-state index is 2.39. The molecule has 0 spiro atoms. The molecule has 0 aliphatic carbocycles. The van der Waals surface area contributed by atoms with Gasteiger partial charge in [-0.25, -0.2) is 0 Å². The zero-order chi connectivity index (χ0) is 38.2. The summed E-state index contributed by atoms with van der Waals surface area (Å²) in [6.45, 7) is 0. The molecule has 0 bridgehead atoms. The molecule has 268 valence electrons. The van der Waals surface area contributed by atoms with E-state index < -0.39 is 0 Å². The molecular weight excluding hydrogens is 697 g/mol. The van der Waals surface area contributed by atoms with Crippen molar-refractivity contribution >= 4 is 75.4 Å². The molecule has 0 unspecified atom stereocenters. The van der Waals surface area contributed by atoms with Crippen molar-refractivity contribution in [2.75, 3.05) is 0 Å². The van der Waals surface area contributed by atoms with Crippen LogP contribution in [0.25, 0.3) is 120 Å². The van der Waals surface area contributed by atoms with Crippen LogP contribution in [0.4, 0.5) is 0 Å². The van der Waals surface area contributed by atoms with Gasteiger partial charge in [0.15, 0.2) is 0 Å². The Hall–Kier alpha value is -7.54. The minimum absolute atomic E-state index is 1.25. The van der Waals surface area contributed by atoms with E-state index >= 15 is 0 Å². The van der Waals surface area contributed by atoms with Crippen molar-refractivity contribution in [2.45, 2.75) is 0 Å². The van der Waals surface area contributed by atoms with Crippen molar-refractivity contribution in [2.24, 2.45) is 0 Å². The first-order valence-corrected chi connectivity index (χ1v) is 20.2. The maximum absolute atomic E-state index is 2.39. The molecule has 0 heterocycles. The Labute approximate surface area is 336 Å². The largest absolute Gasteiger partial charge is 0.0616 e. The summed E-state index contributed by atoms with van der Waals surface area (Å²) < 4.78 is 0. The van der Waals surface area contributed by atoms with Gasteiger partial charge in [0.2, 0.25) is 0 Å². The monoisotopic (exact) mass is 732 g/mol. The van der Waals surface area contributed by atoms with E-state index in [1.165, 1.54) is 120 Å². The summed E-state index contributed by atoms with van der Waals surface area (Å²) in [5.74, 6) is 0. The third-order valence-electron chi connectivity index (χ3n) is 12.4. The fraction of sp³-hybridized carbons (Fsp3) is 0. The van der Waals surface area contributed by atoms with E-state index in [1.807, 2.05) is 0 Å². The van der Waals surface area contributed by atoms with Crippen molar-refractivity contribution in [3.05, 3.63) is 218 Å². The highest BCUT2D eigenvalue weighted by Gasteiger charge is 2.22. The van der Waals surface area contributed by atoms with Gasteiger partial charge in [-0.2, -0.15) is 0 Å². The van der Waals surface area contributed by atoms with E-state index in [1.54, 1.807) is 0 Å². The van der Waals surface area contributed by atoms with Gasteiger partial charge in [-0.15, -0.1) is 0 Å². The molecule has 0 aromatic heterocycles. The second-order valence-corrected chi connectivity index (χ2v) is 15.4. The molecule has 12 aromatic rings. The van der Waals surface area contributed by atoms with Crippen LogP contribution in [0.2, 0.25) is 0 Å². The minimum atomic E-state index is 1.25. The van der Waals surface area contributed by atoms with Gasteiger partial charge < -0.3 is 0 Å². The van der Waals surface area contributed by atoms with E-state index in [2.05, 4.69) is 218 Å². The van der Waals surface area contributed by atoms with Crippen molar-refractivity contribution in [1.82, 2.24) is 0 Å². The molecule has 0 nitrogen and oxygen atoms in total. The number of hydrogen-bond donors (Lipinski definition) is 0. The molecule has 0 fully saturated rings. The number of hydrogen-bond acceptors (Lipinski definition) is 0. The van der Waals surface area contributed by atoms with Gasteiger partial charge in [0.1, 0.15) is 0 Å². The Morgan fingerprint density at radius 3 is 0.638 bits per heavy atom. The Morgan fingerprint density at radius 1 is 0.138 bits per heavy atom. The average molecular weight is 733 g/mol. The average Bonchev–Trinajstić information content (AvgIpc) is 3.29. The lowest BCUT2D eigenvalue weighted by Gasteiger charge is -2.22. The molecule has 0 saturated heterocycles. The summed E-state index contributed by atoms with van der Waals surface area (Å²) in [5, 5.41) is 17.7. The van der Waals surface area contributed by atoms with Crippen LogP contribution >= 0.6 is 0 Å². The van der Waals surface area contributed by atoms with Gasteiger partial charge in [0.05, 0.1) is 0 Å². The van der Waals surface area contributed by atoms with E-state index in [0.717, 1.165) is 0 Å². The fourth-order valence-corrected chi connectivity index (χ4v) is 10.0. The van der Waals surface area contributed by atoms with Gasteiger partial charge in [-0.3, -0.25) is 0 Å². The van der Waals surface area contributed by atoms with E-state index in [0.29, 0.717) is 0 Å². The molecule has 0 atom stereocenters. The smallest absolute Gasteiger partial charge is 0.00201 e. The first kappa shape index (κ1) is 32.7. The predicted molar refractivity (Wildman–Crippen MR) is 251 cm³/mol. The summed E-state index contributed by atoms with van der Waals surface area (Å²) in [5.41, 5.74) is 10.2. The van der Waals surface area contributed by atoms with Crippen molar-refractivity contribution in [1.29, 1.82) is 0 Å². The van der Waals surface area contributed by atoms with Crippen LogP contribution in [-0.4, -0.2) is 0 Å². The molecule has 58 heavy (non-hydrogen) atoms. The van der Waals surface area contributed by atoms with Crippen LogP contribution < -0.4 is 0 Å². The summed E-state index contributed by atoms with van der Waals surface area (Å²) in [6.07, 6.45) is 0. The number of rotatable bonds is 4. The van der Waals surface area contributed by atoms with Crippen LogP contribution in [-0.2, 0) is 0 Å². The molecule has 0 aliphatic rings. The van der Waals surface area contributed by atoms with Crippen LogP contribution in [0.1, 0.15) is 0 Å². The zero-order valence-electron chi connectivity index (χ0n) is 31.8. The zero-order valence-corrected chi connectivity index (χ0v) is 31.8. The molecule has 0 aliphatic heterocycles. The third kappa shape index (κ3) is 4.82. The fourth-order valence-electron chi connectivity index (χ4n) is 10.0. The quantitative estimate of drug-likeness (QED) is 0.158. The molecule has 12 aromatic carbocycles. The summed E-state index contributed by atoms with van der Waals surface area (Å²) in [6, 6.07) is 80.8. The molecule has 12 rings (SSSR count). The van der Waals surface area contributed by atoms with Gasteiger partial charge in [-0.1, -0.05) is 218 Å². The summed E-state index contributed by atoms with van der Waals surface area (Å²) in [7, 11) is 0. The molecule has 0 saturated carbocycles. The highest BCUT2D eigenvalue weighted by atomic mass is 14.3. The lowest BCUT2D eigenvalue weighted by molar-refractivity contribution is 1.67. The van der Waals surface area contributed by atoms with Crippen LogP contribution in [0.5, 0.6) is 0 Å². The van der Waals surface area contributed by atoms with Crippen molar-refractivity contribution < 1.29 is 0 Å². The number of benzene rings is 12. The Kier molecular flexibility index (Phi) is 7.33. The summed E-state index contributed by atoms with van der Waals surface area (Å²) in [4.78, 5) is 0. The second-order valence-electron chi connectivity index (χ2n) is 15.4. The highest BCUT2D eigenvalue weighted by Crippen LogP contribution is 2.50. The van der Waals surface area contributed by atoms with E-state index in [9.17, 15) is 0 Å². The maximum Gasteiger partial charge on any atom is -0.00201 e. The van der Waals surface area contributed by atoms with Crippen molar-refractivity contribution in [3.8, 4) is 44.5 Å². The molecular formula is C58H36.